The zero-order chi connectivity index (χ0) is 16.1. The molecule has 2 atom stereocenters. The van der Waals surface area contributed by atoms with Gasteiger partial charge in [0.25, 0.3) is 5.91 Å². The summed E-state index contributed by atoms with van der Waals surface area (Å²) in [6, 6.07) is 3.73. The first-order valence-electron chi connectivity index (χ1n) is 7.31. The number of carbonyl (C=O) groups is 1. The summed E-state index contributed by atoms with van der Waals surface area (Å²) in [5, 5.41) is 22.4. The summed E-state index contributed by atoms with van der Waals surface area (Å²) < 4.78 is 12.2. The van der Waals surface area contributed by atoms with Crippen LogP contribution in [-0.4, -0.2) is 58.5 Å². The first-order valence-corrected chi connectivity index (χ1v) is 8.19. The van der Waals surface area contributed by atoms with Crippen molar-refractivity contribution in [2.24, 2.45) is 0 Å². The highest BCUT2D eigenvalue weighted by Crippen LogP contribution is 2.19. The number of hydrogen-bond donors (Lipinski definition) is 2. The van der Waals surface area contributed by atoms with Gasteiger partial charge in [-0.2, -0.15) is 0 Å². The minimum atomic E-state index is -0.666. The maximum Gasteiger partial charge on any atom is 0.273 e. The average Bonchev–Trinajstić information content (AvgIpc) is 3.25. The van der Waals surface area contributed by atoms with Crippen LogP contribution in [0.1, 0.15) is 21.5 Å². The zero-order valence-corrected chi connectivity index (χ0v) is 13.2. The first kappa shape index (κ1) is 16.1. The van der Waals surface area contributed by atoms with Crippen molar-refractivity contribution in [3.05, 3.63) is 34.3 Å². The Labute approximate surface area is 137 Å². The Morgan fingerprint density at radius 1 is 1.57 bits per heavy atom. The Hall–Kier alpha value is -1.81. The molecule has 1 aliphatic rings. The van der Waals surface area contributed by atoms with E-state index < -0.39 is 6.10 Å². The van der Waals surface area contributed by atoms with Gasteiger partial charge in [-0.3, -0.25) is 4.79 Å². The summed E-state index contributed by atoms with van der Waals surface area (Å²) in [6.45, 7) is 2.21. The number of aliphatic hydroxyl groups is 1. The number of aliphatic hydroxyl groups excluding tert-OH is 1. The first-order chi connectivity index (χ1) is 11.2. The number of amides is 1. The molecule has 1 amide bonds. The van der Waals surface area contributed by atoms with Gasteiger partial charge in [0.05, 0.1) is 38.7 Å². The largest absolute Gasteiger partial charge is 0.386 e. The monoisotopic (exact) mass is 338 g/mol. The van der Waals surface area contributed by atoms with Gasteiger partial charge in [-0.1, -0.05) is 11.3 Å². The molecule has 1 saturated heterocycles. The van der Waals surface area contributed by atoms with Crippen molar-refractivity contribution in [3.63, 3.8) is 0 Å². The molecule has 2 aromatic rings. The molecule has 1 aliphatic heterocycles. The molecule has 2 aromatic heterocycles. The van der Waals surface area contributed by atoms with Gasteiger partial charge in [0.2, 0.25) is 0 Å². The number of thiophene rings is 1. The zero-order valence-electron chi connectivity index (χ0n) is 12.4. The van der Waals surface area contributed by atoms with Gasteiger partial charge in [0, 0.05) is 11.4 Å². The SMILES string of the molecule is O=C(NC[C@@H]1COCCO1)c1cn(C[C@H](O)c2cccs2)nn1. The Balaban J connectivity index is 1.50. The van der Waals surface area contributed by atoms with Crippen molar-refractivity contribution >= 4 is 17.2 Å². The lowest BCUT2D eigenvalue weighted by Gasteiger charge is -2.22. The van der Waals surface area contributed by atoms with Crippen LogP contribution in [0.2, 0.25) is 0 Å². The summed E-state index contributed by atoms with van der Waals surface area (Å²) in [5.74, 6) is -0.323. The van der Waals surface area contributed by atoms with Gasteiger partial charge in [0.1, 0.15) is 6.10 Å². The Bertz CT molecular complexity index is 625. The van der Waals surface area contributed by atoms with Crippen LogP contribution in [0.25, 0.3) is 0 Å². The van der Waals surface area contributed by atoms with E-state index in [1.54, 1.807) is 0 Å². The lowest BCUT2D eigenvalue weighted by atomic mass is 10.3. The third-order valence-corrected chi connectivity index (χ3v) is 4.35. The molecular weight excluding hydrogens is 320 g/mol. The van der Waals surface area contributed by atoms with Crippen molar-refractivity contribution in [1.29, 1.82) is 0 Å². The van der Waals surface area contributed by atoms with Crippen LogP contribution in [0, 0.1) is 0 Å². The summed E-state index contributed by atoms with van der Waals surface area (Å²) >= 11 is 1.47. The lowest BCUT2D eigenvalue weighted by Crippen LogP contribution is -2.39. The van der Waals surface area contributed by atoms with Crippen molar-refractivity contribution < 1.29 is 19.4 Å². The van der Waals surface area contributed by atoms with Crippen molar-refractivity contribution in [2.45, 2.75) is 18.8 Å². The van der Waals surface area contributed by atoms with E-state index >= 15 is 0 Å². The van der Waals surface area contributed by atoms with Crippen LogP contribution < -0.4 is 5.32 Å². The molecule has 8 nitrogen and oxygen atoms in total. The molecule has 9 heteroatoms. The van der Waals surface area contributed by atoms with Gasteiger partial charge in [0.15, 0.2) is 5.69 Å². The fourth-order valence-corrected chi connectivity index (χ4v) is 2.89. The second-order valence-corrected chi connectivity index (χ2v) is 6.11. The van der Waals surface area contributed by atoms with Crippen molar-refractivity contribution in [3.8, 4) is 0 Å². The Morgan fingerprint density at radius 2 is 2.48 bits per heavy atom. The molecule has 0 bridgehead atoms. The highest BCUT2D eigenvalue weighted by Gasteiger charge is 2.18. The summed E-state index contributed by atoms with van der Waals surface area (Å²) in [7, 11) is 0. The predicted octanol–water partition coefficient (Wildman–Crippen LogP) is 0.218. The molecule has 2 N–H and O–H groups in total. The molecule has 0 aliphatic carbocycles. The van der Waals surface area contributed by atoms with E-state index in [0.717, 1.165) is 4.88 Å². The standard InChI is InChI=1S/C14H18N4O4S/c19-12(13-2-1-5-23-13)8-18-7-11(16-17-18)14(20)15-6-10-9-21-3-4-22-10/h1-2,5,7,10,12,19H,3-4,6,8-9H2,(H,15,20)/t10-,12+/m1/s1. The van der Waals surface area contributed by atoms with Crippen molar-refractivity contribution in [2.75, 3.05) is 26.4 Å². The maximum atomic E-state index is 12.0. The minimum absolute atomic E-state index is 0.136. The molecule has 0 radical (unpaired) electrons. The Kier molecular flexibility index (Phi) is 5.34. The number of nitrogens with zero attached hydrogens (tertiary/aromatic N) is 3. The highest BCUT2D eigenvalue weighted by atomic mass is 32.1. The Morgan fingerprint density at radius 3 is 3.22 bits per heavy atom. The second kappa shape index (κ2) is 7.64. The van der Waals surface area contributed by atoms with Crippen LogP contribution in [0.4, 0.5) is 0 Å². The van der Waals surface area contributed by atoms with Crippen molar-refractivity contribution in [1.82, 2.24) is 20.3 Å². The van der Waals surface area contributed by atoms with Crippen LogP contribution in [-0.2, 0) is 16.0 Å². The van der Waals surface area contributed by atoms with E-state index in [4.69, 9.17) is 9.47 Å². The second-order valence-electron chi connectivity index (χ2n) is 5.13. The van der Waals surface area contributed by atoms with Gasteiger partial charge in [-0.05, 0) is 11.4 Å². The predicted molar refractivity (Wildman–Crippen MR) is 82.2 cm³/mol. The molecule has 0 unspecified atom stereocenters. The maximum absolute atomic E-state index is 12.0. The molecule has 0 aromatic carbocycles. The lowest BCUT2D eigenvalue weighted by molar-refractivity contribution is -0.0855. The van der Waals surface area contributed by atoms with Crippen LogP contribution in [0.15, 0.2) is 23.7 Å². The van der Waals surface area contributed by atoms with Gasteiger partial charge in [-0.25, -0.2) is 4.68 Å². The smallest absolute Gasteiger partial charge is 0.273 e. The van der Waals surface area contributed by atoms with E-state index in [9.17, 15) is 9.90 Å². The normalized spacial score (nSPS) is 19.4. The van der Waals surface area contributed by atoms with E-state index in [1.807, 2.05) is 17.5 Å². The summed E-state index contributed by atoms with van der Waals surface area (Å²) in [4.78, 5) is 12.9. The fourth-order valence-electron chi connectivity index (χ4n) is 2.19. The molecular formula is C14H18N4O4S. The molecule has 1 fully saturated rings. The number of carbonyl (C=O) groups excluding carboxylic acids is 1. The van der Waals surface area contributed by atoms with Gasteiger partial charge >= 0.3 is 0 Å². The third kappa shape index (κ3) is 4.35. The van der Waals surface area contributed by atoms with E-state index in [1.165, 1.54) is 22.2 Å². The molecule has 0 saturated carbocycles. The average molecular weight is 338 g/mol. The van der Waals surface area contributed by atoms with E-state index in [2.05, 4.69) is 15.6 Å². The van der Waals surface area contributed by atoms with Crippen LogP contribution >= 0.6 is 11.3 Å². The number of aromatic nitrogens is 3. The molecule has 3 heterocycles. The topological polar surface area (TPSA) is 98.5 Å². The molecule has 3 rings (SSSR count). The number of nitrogens with one attached hydrogen (secondary N) is 1. The van der Waals surface area contributed by atoms with Crippen LogP contribution in [0.3, 0.4) is 0 Å². The molecule has 124 valence electrons. The van der Waals surface area contributed by atoms with E-state index in [-0.39, 0.29) is 24.2 Å². The van der Waals surface area contributed by atoms with Gasteiger partial charge in [-0.15, -0.1) is 16.4 Å². The summed E-state index contributed by atoms with van der Waals surface area (Å²) in [5.41, 5.74) is 0.208. The number of hydrogen-bond acceptors (Lipinski definition) is 7. The molecule has 0 spiro atoms. The number of ether oxygens (including phenoxy) is 2. The van der Waals surface area contributed by atoms with Crippen LogP contribution in [0.5, 0.6) is 0 Å². The minimum Gasteiger partial charge on any atom is -0.386 e. The third-order valence-electron chi connectivity index (χ3n) is 3.38. The number of rotatable bonds is 6. The molecule has 23 heavy (non-hydrogen) atoms. The highest BCUT2D eigenvalue weighted by molar-refractivity contribution is 7.10. The summed E-state index contributed by atoms with van der Waals surface area (Å²) in [6.07, 6.45) is 0.716. The van der Waals surface area contributed by atoms with E-state index in [0.29, 0.717) is 26.4 Å². The van der Waals surface area contributed by atoms with Gasteiger partial charge < -0.3 is 19.9 Å². The quantitative estimate of drug-likeness (QED) is 0.782. The fraction of sp³-hybridized carbons (Fsp3) is 0.500.